The molecule has 0 saturated heterocycles. The van der Waals surface area contributed by atoms with Gasteiger partial charge in [-0.25, -0.2) is 19.3 Å². The minimum atomic E-state index is -0.565. The van der Waals surface area contributed by atoms with E-state index < -0.39 is 11.2 Å². The van der Waals surface area contributed by atoms with Gasteiger partial charge >= 0.3 is 5.69 Å². The fourth-order valence-corrected chi connectivity index (χ4v) is 3.78. The summed E-state index contributed by atoms with van der Waals surface area (Å²) >= 11 is 0. The largest absolute Gasteiger partial charge is 0.369 e. The predicted molar refractivity (Wildman–Crippen MR) is 123 cm³/mol. The second-order valence-corrected chi connectivity index (χ2v) is 7.35. The first-order valence-electron chi connectivity index (χ1n) is 10.2. The minimum absolute atomic E-state index is 0.145. The summed E-state index contributed by atoms with van der Waals surface area (Å²) < 4.78 is 1.04. The van der Waals surface area contributed by atoms with Crippen molar-refractivity contribution in [3.8, 4) is 5.69 Å². The summed E-state index contributed by atoms with van der Waals surface area (Å²) in [7, 11) is 0. The van der Waals surface area contributed by atoms with E-state index in [4.69, 9.17) is 0 Å². The second kappa shape index (κ2) is 8.35. The number of H-pyrrole nitrogens is 2. The zero-order valence-corrected chi connectivity index (χ0v) is 17.0. The van der Waals surface area contributed by atoms with E-state index in [1.54, 1.807) is 12.1 Å². The molecule has 0 spiro atoms. The average molecular weight is 424 g/mol. The number of benzene rings is 2. The summed E-state index contributed by atoms with van der Waals surface area (Å²) in [6, 6.07) is 24.0. The standard InChI is InChI=1S/C24H20N6O2/c31-23-21-22(28-15-27-21)29-24(32)30(23)18-11-12-20(25-13-18)26-14-19(16-7-3-1-4-8-16)17-9-5-2-6-10-17/h1-13,15,19H,14H2,(H,25,26)(H,27,28)(H,29,32). The van der Waals surface area contributed by atoms with E-state index in [1.807, 2.05) is 36.4 Å². The van der Waals surface area contributed by atoms with Crippen molar-refractivity contribution >= 4 is 17.0 Å². The van der Waals surface area contributed by atoms with Crippen molar-refractivity contribution in [1.82, 2.24) is 24.5 Å². The molecule has 2 aromatic carbocycles. The molecule has 8 heteroatoms. The van der Waals surface area contributed by atoms with Gasteiger partial charge in [0.15, 0.2) is 5.65 Å². The Labute approximate surface area is 182 Å². The number of fused-ring (bicyclic) bond motifs is 1. The first-order chi connectivity index (χ1) is 15.7. The van der Waals surface area contributed by atoms with Crippen LogP contribution in [0.25, 0.3) is 16.9 Å². The van der Waals surface area contributed by atoms with Crippen molar-refractivity contribution in [2.75, 3.05) is 11.9 Å². The molecule has 0 unspecified atom stereocenters. The predicted octanol–water partition coefficient (Wildman–Crippen LogP) is 3.04. The maximum atomic E-state index is 12.7. The van der Waals surface area contributed by atoms with Gasteiger partial charge in [0.2, 0.25) is 0 Å². The third kappa shape index (κ3) is 3.69. The Morgan fingerprint density at radius 3 is 2.19 bits per heavy atom. The highest BCUT2D eigenvalue weighted by Gasteiger charge is 2.15. The number of anilines is 1. The number of hydrogen-bond acceptors (Lipinski definition) is 5. The molecule has 0 saturated carbocycles. The van der Waals surface area contributed by atoms with E-state index in [9.17, 15) is 9.59 Å². The molecule has 0 amide bonds. The summed E-state index contributed by atoms with van der Waals surface area (Å²) in [5.74, 6) is 0.796. The van der Waals surface area contributed by atoms with Crippen LogP contribution in [-0.4, -0.2) is 31.0 Å². The molecule has 0 fully saturated rings. The number of aromatic amines is 2. The van der Waals surface area contributed by atoms with Gasteiger partial charge in [-0.2, -0.15) is 0 Å². The highest BCUT2D eigenvalue weighted by atomic mass is 16.2. The molecule has 0 bridgehead atoms. The Morgan fingerprint density at radius 2 is 1.56 bits per heavy atom. The molecular weight excluding hydrogens is 404 g/mol. The summed E-state index contributed by atoms with van der Waals surface area (Å²) in [5, 5.41) is 3.37. The molecule has 0 aliphatic rings. The van der Waals surface area contributed by atoms with Crippen molar-refractivity contribution in [2.45, 2.75) is 5.92 Å². The molecule has 0 radical (unpaired) electrons. The van der Waals surface area contributed by atoms with Gasteiger partial charge in [-0.05, 0) is 23.3 Å². The Morgan fingerprint density at radius 1 is 0.875 bits per heavy atom. The quantitative estimate of drug-likeness (QED) is 0.388. The summed E-state index contributed by atoms with van der Waals surface area (Å²) in [6.07, 6.45) is 2.87. The van der Waals surface area contributed by atoms with E-state index in [-0.39, 0.29) is 17.1 Å². The normalized spacial score (nSPS) is 11.2. The van der Waals surface area contributed by atoms with E-state index in [0.717, 1.165) is 4.57 Å². The van der Waals surface area contributed by atoms with E-state index in [1.165, 1.54) is 23.7 Å². The lowest BCUT2D eigenvalue weighted by Gasteiger charge is -2.19. The van der Waals surface area contributed by atoms with Crippen molar-refractivity contribution in [3.63, 3.8) is 0 Å². The maximum absolute atomic E-state index is 12.7. The van der Waals surface area contributed by atoms with Crippen LogP contribution < -0.4 is 16.6 Å². The van der Waals surface area contributed by atoms with Gasteiger partial charge in [-0.1, -0.05) is 60.7 Å². The zero-order chi connectivity index (χ0) is 21.9. The van der Waals surface area contributed by atoms with E-state index >= 15 is 0 Å². The van der Waals surface area contributed by atoms with Crippen molar-refractivity contribution in [1.29, 1.82) is 0 Å². The molecule has 5 rings (SSSR count). The van der Waals surface area contributed by atoms with Crippen molar-refractivity contribution in [2.24, 2.45) is 0 Å². The van der Waals surface area contributed by atoms with Gasteiger partial charge in [0.05, 0.1) is 18.2 Å². The van der Waals surface area contributed by atoms with Crippen molar-refractivity contribution < 1.29 is 0 Å². The molecule has 3 heterocycles. The molecule has 8 nitrogen and oxygen atoms in total. The van der Waals surface area contributed by atoms with Crippen LogP contribution in [0.4, 0.5) is 5.82 Å². The van der Waals surface area contributed by atoms with Gasteiger partial charge in [0.1, 0.15) is 11.3 Å². The Hall–Kier alpha value is -4.46. The van der Waals surface area contributed by atoms with Crippen LogP contribution in [0.3, 0.4) is 0 Å². The topological polar surface area (TPSA) is 108 Å². The highest BCUT2D eigenvalue weighted by molar-refractivity contribution is 5.68. The van der Waals surface area contributed by atoms with Gasteiger partial charge < -0.3 is 10.3 Å². The molecule has 0 aliphatic heterocycles. The zero-order valence-electron chi connectivity index (χ0n) is 17.0. The number of pyridine rings is 1. The van der Waals surface area contributed by atoms with Crippen LogP contribution in [-0.2, 0) is 0 Å². The first kappa shape index (κ1) is 19.5. The molecule has 158 valence electrons. The highest BCUT2D eigenvalue weighted by Crippen LogP contribution is 2.25. The van der Waals surface area contributed by atoms with E-state index in [0.29, 0.717) is 18.1 Å². The maximum Gasteiger partial charge on any atom is 0.334 e. The summed E-state index contributed by atoms with van der Waals surface area (Å²) in [4.78, 5) is 38.7. The van der Waals surface area contributed by atoms with Gasteiger partial charge in [-0.3, -0.25) is 9.78 Å². The van der Waals surface area contributed by atoms with E-state index in [2.05, 4.69) is 49.5 Å². The molecule has 32 heavy (non-hydrogen) atoms. The fraction of sp³-hybridized carbons (Fsp3) is 0.0833. The summed E-state index contributed by atoms with van der Waals surface area (Å²) in [6.45, 7) is 0.640. The number of rotatable bonds is 6. The van der Waals surface area contributed by atoms with Crippen LogP contribution in [0.5, 0.6) is 0 Å². The third-order valence-corrected chi connectivity index (χ3v) is 5.38. The first-order valence-corrected chi connectivity index (χ1v) is 10.2. The lowest BCUT2D eigenvalue weighted by Crippen LogP contribution is -2.33. The molecule has 0 aliphatic carbocycles. The SMILES string of the molecule is O=c1[nH]c2nc[nH]c2c(=O)n1-c1ccc(NCC(c2ccccc2)c2ccccc2)nc1. The summed E-state index contributed by atoms with van der Waals surface area (Å²) in [5.41, 5.74) is 2.21. The molecule has 5 aromatic rings. The monoisotopic (exact) mass is 424 g/mol. The van der Waals surface area contributed by atoms with Crippen LogP contribution in [0.15, 0.2) is 94.9 Å². The van der Waals surface area contributed by atoms with Crippen molar-refractivity contribution in [3.05, 3.63) is 117 Å². The number of imidazole rings is 1. The number of nitrogens with zero attached hydrogens (tertiary/aromatic N) is 3. The lowest BCUT2D eigenvalue weighted by atomic mass is 9.91. The number of aromatic nitrogens is 5. The molecule has 3 aromatic heterocycles. The van der Waals surface area contributed by atoms with Gasteiger partial charge in [0.25, 0.3) is 5.56 Å². The van der Waals surface area contributed by atoms with Gasteiger partial charge in [0, 0.05) is 12.5 Å². The smallest absolute Gasteiger partial charge is 0.334 e. The minimum Gasteiger partial charge on any atom is -0.369 e. The number of hydrogen-bond donors (Lipinski definition) is 3. The van der Waals surface area contributed by atoms with Crippen LogP contribution in [0, 0.1) is 0 Å². The lowest BCUT2D eigenvalue weighted by molar-refractivity contribution is 0.846. The van der Waals surface area contributed by atoms with Crippen LogP contribution in [0.1, 0.15) is 17.0 Å². The third-order valence-electron chi connectivity index (χ3n) is 5.38. The Bertz CT molecular complexity index is 1410. The average Bonchev–Trinajstić information content (AvgIpc) is 3.30. The van der Waals surface area contributed by atoms with Gasteiger partial charge in [-0.15, -0.1) is 0 Å². The van der Waals surface area contributed by atoms with Crippen LogP contribution in [0.2, 0.25) is 0 Å². The number of nitrogens with one attached hydrogen (secondary N) is 3. The van der Waals surface area contributed by atoms with Crippen LogP contribution >= 0.6 is 0 Å². The fourth-order valence-electron chi connectivity index (χ4n) is 3.78. The Kier molecular flexibility index (Phi) is 5.09. The molecule has 3 N–H and O–H groups in total. The molecule has 0 atom stereocenters. The second-order valence-electron chi connectivity index (χ2n) is 7.35. The Balaban J connectivity index is 1.40. The molecular formula is C24H20N6O2.